The van der Waals surface area contributed by atoms with Crippen LogP contribution in [0.4, 0.5) is 0 Å². The van der Waals surface area contributed by atoms with Crippen LogP contribution in [0.15, 0.2) is 41.0 Å². The lowest BCUT2D eigenvalue weighted by molar-refractivity contribution is -0.140. The highest BCUT2D eigenvalue weighted by molar-refractivity contribution is 9.10. The summed E-state index contributed by atoms with van der Waals surface area (Å²) in [7, 11) is 0. The molecule has 0 fully saturated rings. The van der Waals surface area contributed by atoms with Crippen LogP contribution >= 0.6 is 15.9 Å². The highest BCUT2D eigenvalue weighted by Crippen LogP contribution is 2.15. The van der Waals surface area contributed by atoms with Crippen LogP contribution in [0.2, 0.25) is 0 Å². The van der Waals surface area contributed by atoms with Crippen LogP contribution in [-0.4, -0.2) is 32.8 Å². The van der Waals surface area contributed by atoms with E-state index in [-0.39, 0.29) is 11.6 Å². The molecule has 7 heteroatoms. The van der Waals surface area contributed by atoms with Crippen molar-refractivity contribution in [2.75, 3.05) is 0 Å². The van der Waals surface area contributed by atoms with E-state index in [4.69, 9.17) is 5.11 Å². The number of carbonyl (C=O) groups excluding carboxylic acids is 1. The summed E-state index contributed by atoms with van der Waals surface area (Å²) >= 11 is 3.37. The molecule has 1 aromatic heterocycles. The van der Waals surface area contributed by atoms with Crippen molar-refractivity contribution < 1.29 is 14.7 Å². The molecule has 0 radical (unpaired) electrons. The third-order valence-corrected chi connectivity index (χ3v) is 3.61. The predicted octanol–water partition coefficient (Wildman–Crippen LogP) is 2.47. The molecule has 0 saturated carbocycles. The van der Waals surface area contributed by atoms with Gasteiger partial charge in [0.1, 0.15) is 6.04 Å². The number of rotatable bonds is 5. The monoisotopic (exact) mass is 365 g/mol. The van der Waals surface area contributed by atoms with Crippen molar-refractivity contribution >= 4 is 27.8 Å². The largest absolute Gasteiger partial charge is 0.480 e. The van der Waals surface area contributed by atoms with Gasteiger partial charge in [0, 0.05) is 10.7 Å². The summed E-state index contributed by atoms with van der Waals surface area (Å²) in [6.45, 7) is 3.47. The van der Waals surface area contributed by atoms with Crippen molar-refractivity contribution in [1.29, 1.82) is 0 Å². The molecule has 6 nitrogen and oxygen atoms in total. The molecule has 22 heavy (non-hydrogen) atoms. The maximum Gasteiger partial charge on any atom is 0.326 e. The first-order valence-electron chi connectivity index (χ1n) is 6.74. The summed E-state index contributed by atoms with van der Waals surface area (Å²) < 4.78 is 2.46. The Morgan fingerprint density at radius 3 is 2.64 bits per heavy atom. The zero-order chi connectivity index (χ0) is 16.3. The molecule has 2 aromatic rings. The number of nitrogens with zero attached hydrogens (tertiary/aromatic N) is 2. The summed E-state index contributed by atoms with van der Waals surface area (Å²) in [4.78, 5) is 23.2. The van der Waals surface area contributed by atoms with Gasteiger partial charge in [0.15, 0.2) is 5.69 Å². The minimum absolute atomic E-state index is 0.173. The van der Waals surface area contributed by atoms with Gasteiger partial charge in [-0.15, -0.1) is 0 Å². The molecule has 1 aromatic carbocycles. The highest BCUT2D eigenvalue weighted by Gasteiger charge is 2.24. The standard InChI is InChI=1S/C15H16BrN3O3/c1-9(2)13(15(21)22)17-14(20)12-6-7-19(18-12)11-5-3-4-10(16)8-11/h3-9,13H,1-2H3,(H,17,20)(H,21,22)/t13-/m0/s1. The van der Waals surface area contributed by atoms with Crippen LogP contribution in [0, 0.1) is 5.92 Å². The first-order chi connectivity index (χ1) is 10.4. The number of hydrogen-bond acceptors (Lipinski definition) is 3. The fraction of sp³-hybridized carbons (Fsp3) is 0.267. The van der Waals surface area contributed by atoms with Gasteiger partial charge in [-0.2, -0.15) is 5.10 Å². The number of carbonyl (C=O) groups is 2. The molecule has 1 atom stereocenters. The van der Waals surface area contributed by atoms with E-state index < -0.39 is 17.9 Å². The van der Waals surface area contributed by atoms with Crippen molar-refractivity contribution in [2.45, 2.75) is 19.9 Å². The molecule has 0 aliphatic carbocycles. The van der Waals surface area contributed by atoms with E-state index in [0.29, 0.717) is 0 Å². The molecule has 2 rings (SSSR count). The van der Waals surface area contributed by atoms with E-state index in [1.165, 1.54) is 0 Å². The molecule has 116 valence electrons. The lowest BCUT2D eigenvalue weighted by atomic mass is 10.0. The zero-order valence-electron chi connectivity index (χ0n) is 12.2. The van der Waals surface area contributed by atoms with E-state index in [9.17, 15) is 9.59 Å². The normalized spacial score (nSPS) is 12.2. The lowest BCUT2D eigenvalue weighted by Crippen LogP contribution is -2.44. The third-order valence-electron chi connectivity index (χ3n) is 3.11. The van der Waals surface area contributed by atoms with E-state index in [0.717, 1.165) is 10.2 Å². The minimum atomic E-state index is -1.06. The lowest BCUT2D eigenvalue weighted by Gasteiger charge is -2.16. The smallest absolute Gasteiger partial charge is 0.326 e. The molecule has 2 N–H and O–H groups in total. The molecular formula is C15H16BrN3O3. The number of nitrogens with one attached hydrogen (secondary N) is 1. The van der Waals surface area contributed by atoms with Crippen LogP contribution in [-0.2, 0) is 4.79 Å². The Labute approximate surface area is 136 Å². The second-order valence-electron chi connectivity index (χ2n) is 5.16. The number of halogens is 1. The van der Waals surface area contributed by atoms with Gasteiger partial charge in [-0.3, -0.25) is 4.79 Å². The van der Waals surface area contributed by atoms with Crippen molar-refractivity contribution in [3.8, 4) is 5.69 Å². The summed E-state index contributed by atoms with van der Waals surface area (Å²) in [6.07, 6.45) is 1.65. The molecule has 0 bridgehead atoms. The zero-order valence-corrected chi connectivity index (χ0v) is 13.7. The van der Waals surface area contributed by atoms with Crippen LogP contribution in [0.5, 0.6) is 0 Å². The number of carboxylic acids is 1. The molecule has 0 spiro atoms. The van der Waals surface area contributed by atoms with Crippen LogP contribution in [0.3, 0.4) is 0 Å². The van der Waals surface area contributed by atoms with Gasteiger partial charge in [-0.25, -0.2) is 9.48 Å². The molecule has 0 unspecified atom stereocenters. The molecule has 0 saturated heterocycles. The van der Waals surface area contributed by atoms with Crippen molar-refractivity contribution in [2.24, 2.45) is 5.92 Å². The van der Waals surface area contributed by atoms with Gasteiger partial charge in [0.2, 0.25) is 0 Å². The molecule has 0 aliphatic heterocycles. The predicted molar refractivity (Wildman–Crippen MR) is 85.0 cm³/mol. The number of aromatic nitrogens is 2. The average molecular weight is 366 g/mol. The number of hydrogen-bond donors (Lipinski definition) is 2. The first kappa shape index (κ1) is 16.2. The SMILES string of the molecule is CC(C)[C@H](NC(=O)c1ccn(-c2cccc(Br)c2)n1)C(=O)O. The fourth-order valence-electron chi connectivity index (χ4n) is 1.94. The fourth-order valence-corrected chi connectivity index (χ4v) is 2.32. The third kappa shape index (κ3) is 3.73. The summed E-state index contributed by atoms with van der Waals surface area (Å²) in [5.74, 6) is -1.78. The molecule has 1 amide bonds. The van der Waals surface area contributed by atoms with Crippen molar-refractivity contribution in [1.82, 2.24) is 15.1 Å². The summed E-state index contributed by atoms with van der Waals surface area (Å²) in [6, 6.07) is 8.08. The topological polar surface area (TPSA) is 84.2 Å². The quantitative estimate of drug-likeness (QED) is 0.852. The van der Waals surface area contributed by atoms with Gasteiger partial charge in [0.25, 0.3) is 5.91 Å². The number of carboxylic acid groups (broad SMARTS) is 1. The summed E-state index contributed by atoms with van der Waals surface area (Å²) in [5, 5.41) is 15.8. The second kappa shape index (κ2) is 6.74. The van der Waals surface area contributed by atoms with Gasteiger partial charge in [-0.05, 0) is 30.2 Å². The maximum atomic E-state index is 12.1. The van der Waals surface area contributed by atoms with E-state index >= 15 is 0 Å². The number of amides is 1. The maximum absolute atomic E-state index is 12.1. The van der Waals surface area contributed by atoms with Gasteiger partial charge in [-0.1, -0.05) is 35.8 Å². The highest BCUT2D eigenvalue weighted by atomic mass is 79.9. The summed E-state index contributed by atoms with van der Waals surface area (Å²) in [5.41, 5.74) is 0.971. The van der Waals surface area contributed by atoms with Crippen LogP contribution in [0.25, 0.3) is 5.69 Å². The van der Waals surface area contributed by atoms with E-state index in [1.807, 2.05) is 24.3 Å². The first-order valence-corrected chi connectivity index (χ1v) is 7.53. The van der Waals surface area contributed by atoms with Gasteiger partial charge in [0.05, 0.1) is 5.69 Å². The Bertz CT molecular complexity index is 697. The second-order valence-corrected chi connectivity index (χ2v) is 6.07. The number of aliphatic carboxylic acids is 1. The van der Waals surface area contributed by atoms with Crippen LogP contribution in [0.1, 0.15) is 24.3 Å². The Hall–Kier alpha value is -2.15. The van der Waals surface area contributed by atoms with Crippen molar-refractivity contribution in [3.05, 3.63) is 46.7 Å². The Morgan fingerprint density at radius 2 is 2.05 bits per heavy atom. The molecule has 1 heterocycles. The Kier molecular flexibility index (Phi) is 4.97. The average Bonchev–Trinajstić information content (AvgIpc) is 2.93. The minimum Gasteiger partial charge on any atom is -0.480 e. The van der Waals surface area contributed by atoms with E-state index in [2.05, 4.69) is 26.3 Å². The Balaban J connectivity index is 2.17. The molecule has 0 aliphatic rings. The van der Waals surface area contributed by atoms with Crippen molar-refractivity contribution in [3.63, 3.8) is 0 Å². The van der Waals surface area contributed by atoms with Gasteiger partial charge < -0.3 is 10.4 Å². The van der Waals surface area contributed by atoms with Crippen LogP contribution < -0.4 is 5.32 Å². The molecular weight excluding hydrogens is 350 g/mol. The van der Waals surface area contributed by atoms with E-state index in [1.54, 1.807) is 30.8 Å². The number of benzene rings is 1. The van der Waals surface area contributed by atoms with Gasteiger partial charge >= 0.3 is 5.97 Å². The Morgan fingerprint density at radius 1 is 1.32 bits per heavy atom.